The van der Waals surface area contributed by atoms with Crippen LogP contribution in [0.2, 0.25) is 0 Å². The van der Waals surface area contributed by atoms with E-state index >= 15 is 0 Å². The fourth-order valence-corrected chi connectivity index (χ4v) is 3.44. The van der Waals surface area contributed by atoms with E-state index < -0.39 is 48.5 Å². The first-order chi connectivity index (χ1) is 14.8. The molecule has 0 aliphatic carbocycles. The van der Waals surface area contributed by atoms with Gasteiger partial charge in [0.05, 0.1) is 12.2 Å². The first-order valence-electron chi connectivity index (χ1n) is 9.35. The molecule has 0 amide bonds. The van der Waals surface area contributed by atoms with Gasteiger partial charge < -0.3 is 44.5 Å². The third-order valence-electron chi connectivity index (χ3n) is 5.08. The van der Waals surface area contributed by atoms with Crippen LogP contribution in [0.5, 0.6) is 17.2 Å². The largest absolute Gasteiger partial charge is 0.508 e. The zero-order valence-electron chi connectivity index (χ0n) is 16.0. The van der Waals surface area contributed by atoms with Crippen molar-refractivity contribution in [3.8, 4) is 28.4 Å². The minimum absolute atomic E-state index is 0.00232. The fraction of sp³-hybridized carbons (Fsp3) is 0.286. The third-order valence-corrected chi connectivity index (χ3v) is 5.08. The van der Waals surface area contributed by atoms with Crippen molar-refractivity contribution < 1.29 is 44.5 Å². The molecule has 3 aromatic rings. The summed E-state index contributed by atoms with van der Waals surface area (Å²) in [5.41, 5.74) is 0.158. The van der Waals surface area contributed by atoms with Crippen LogP contribution in [0.15, 0.2) is 51.9 Å². The molecule has 1 saturated heterocycles. The van der Waals surface area contributed by atoms with E-state index in [0.717, 1.165) is 6.07 Å². The lowest BCUT2D eigenvalue weighted by molar-refractivity contribution is -0.137. The second kappa shape index (κ2) is 8.17. The van der Waals surface area contributed by atoms with Gasteiger partial charge in [0.15, 0.2) is 0 Å². The van der Waals surface area contributed by atoms with E-state index in [2.05, 4.69) is 0 Å². The van der Waals surface area contributed by atoms with Gasteiger partial charge in [-0.2, -0.15) is 0 Å². The Labute approximate surface area is 174 Å². The van der Waals surface area contributed by atoms with Gasteiger partial charge in [-0.05, 0) is 17.7 Å². The molecule has 0 bridgehead atoms. The van der Waals surface area contributed by atoms with Gasteiger partial charge in [0, 0.05) is 12.1 Å². The van der Waals surface area contributed by atoms with Crippen LogP contribution in [-0.2, 0) is 4.74 Å². The molecular weight excluding hydrogens is 412 g/mol. The number of hydrogen-bond donors (Lipinski definition) is 6. The van der Waals surface area contributed by atoms with Crippen molar-refractivity contribution in [2.24, 2.45) is 0 Å². The number of fused-ring (bicyclic) bond motifs is 1. The predicted molar refractivity (Wildman–Crippen MR) is 106 cm³/mol. The molecule has 10 heteroatoms. The Balaban J connectivity index is 1.65. The van der Waals surface area contributed by atoms with Crippen molar-refractivity contribution in [1.29, 1.82) is 0 Å². The van der Waals surface area contributed by atoms with Crippen molar-refractivity contribution in [2.75, 3.05) is 6.61 Å². The molecule has 2 heterocycles. The molecule has 31 heavy (non-hydrogen) atoms. The van der Waals surface area contributed by atoms with E-state index in [-0.39, 0.29) is 28.0 Å². The smallest absolute Gasteiger partial charge is 0.229 e. The maximum absolute atomic E-state index is 12.9. The lowest BCUT2D eigenvalue weighted by Gasteiger charge is -2.19. The van der Waals surface area contributed by atoms with Crippen molar-refractivity contribution in [1.82, 2.24) is 0 Å². The van der Waals surface area contributed by atoms with Gasteiger partial charge in [0.1, 0.15) is 58.9 Å². The molecule has 1 fully saturated rings. The number of aliphatic hydroxyl groups excluding tert-OH is 4. The Morgan fingerprint density at radius 3 is 2.45 bits per heavy atom. The Bertz CT molecular complexity index is 1140. The van der Waals surface area contributed by atoms with E-state index in [9.17, 15) is 30.3 Å². The fourth-order valence-electron chi connectivity index (χ4n) is 3.44. The minimum Gasteiger partial charge on any atom is -0.508 e. The van der Waals surface area contributed by atoms with Gasteiger partial charge in [-0.3, -0.25) is 4.79 Å². The molecule has 1 aromatic heterocycles. The molecule has 0 radical (unpaired) electrons. The highest BCUT2D eigenvalue weighted by Gasteiger charge is 2.47. The molecule has 1 aliphatic heterocycles. The maximum Gasteiger partial charge on any atom is 0.229 e. The molecule has 5 atom stereocenters. The van der Waals surface area contributed by atoms with Gasteiger partial charge in [-0.25, -0.2) is 0 Å². The van der Waals surface area contributed by atoms with Crippen LogP contribution in [0.4, 0.5) is 0 Å². The molecular formula is C21H20O10. The molecule has 6 N–H and O–H groups in total. The first-order valence-corrected chi connectivity index (χ1v) is 9.35. The summed E-state index contributed by atoms with van der Waals surface area (Å²) >= 11 is 0. The Hall–Kier alpha value is -3.15. The van der Waals surface area contributed by atoms with Gasteiger partial charge in [0.25, 0.3) is 0 Å². The lowest BCUT2D eigenvalue weighted by Crippen LogP contribution is -2.40. The molecule has 2 aromatic carbocycles. The summed E-state index contributed by atoms with van der Waals surface area (Å²) in [6.07, 6.45) is -5.94. The average molecular weight is 432 g/mol. The van der Waals surface area contributed by atoms with Crippen LogP contribution < -0.4 is 10.2 Å². The summed E-state index contributed by atoms with van der Waals surface area (Å²) in [5.74, 6) is -0.434. The normalized spacial score (nSPS) is 24.4. The summed E-state index contributed by atoms with van der Waals surface area (Å²) in [5, 5.41) is 58.5. The summed E-state index contributed by atoms with van der Waals surface area (Å²) in [4.78, 5) is 12.9. The number of rotatable bonds is 5. The zero-order chi connectivity index (χ0) is 22.3. The zero-order valence-corrected chi connectivity index (χ0v) is 16.0. The minimum atomic E-state index is -1.53. The van der Waals surface area contributed by atoms with E-state index in [1.807, 2.05) is 0 Å². The Morgan fingerprint density at radius 2 is 1.77 bits per heavy atom. The molecule has 164 valence electrons. The van der Waals surface area contributed by atoms with Gasteiger partial charge in [-0.15, -0.1) is 0 Å². The second-order valence-corrected chi connectivity index (χ2v) is 7.16. The second-order valence-electron chi connectivity index (χ2n) is 7.16. The first kappa shape index (κ1) is 21.1. The SMILES string of the molecule is O=c1c(-c2ccc(O)cc2)coc2cc(O[C@@H]3O[C@H]([C@H](O)CO)[C@H](O)[C@H]3O)cc(O)c12. The van der Waals surface area contributed by atoms with Crippen LogP contribution in [-0.4, -0.2) is 68.0 Å². The molecule has 0 unspecified atom stereocenters. The van der Waals surface area contributed by atoms with Gasteiger partial charge in [0.2, 0.25) is 11.7 Å². The highest BCUT2D eigenvalue weighted by Crippen LogP contribution is 2.33. The van der Waals surface area contributed by atoms with Crippen LogP contribution in [0, 0.1) is 0 Å². The van der Waals surface area contributed by atoms with Crippen molar-refractivity contribution >= 4 is 11.0 Å². The number of phenols is 2. The van der Waals surface area contributed by atoms with Crippen LogP contribution in [0.1, 0.15) is 0 Å². The van der Waals surface area contributed by atoms with Crippen LogP contribution in [0.25, 0.3) is 22.1 Å². The summed E-state index contributed by atoms with van der Waals surface area (Å²) in [6, 6.07) is 8.32. The number of ether oxygens (including phenoxy) is 2. The number of hydrogen-bond acceptors (Lipinski definition) is 10. The van der Waals surface area contributed by atoms with Gasteiger partial charge >= 0.3 is 0 Å². The monoisotopic (exact) mass is 432 g/mol. The van der Waals surface area contributed by atoms with Crippen molar-refractivity contribution in [3.63, 3.8) is 0 Å². The standard InChI is InChI=1S/C21H20O10/c22-7-14(25)20-18(27)19(28)21(31-20)30-11-5-13(24)16-15(6-11)29-8-12(17(16)26)9-1-3-10(23)4-2-9/h1-6,8,14,18-25,27-28H,7H2/t14-,18-,19-,20-,21-/m1/s1. The Morgan fingerprint density at radius 1 is 1.06 bits per heavy atom. The van der Waals surface area contributed by atoms with Crippen LogP contribution in [0.3, 0.4) is 0 Å². The quantitative estimate of drug-likeness (QED) is 0.324. The predicted octanol–water partition coefficient (Wildman–Crippen LogP) is 0.0499. The lowest BCUT2D eigenvalue weighted by atomic mass is 10.0. The highest BCUT2D eigenvalue weighted by atomic mass is 16.7. The summed E-state index contributed by atoms with van der Waals surface area (Å²) < 4.78 is 16.2. The topological polar surface area (TPSA) is 170 Å². The van der Waals surface area contributed by atoms with E-state index in [1.54, 1.807) is 0 Å². The molecule has 4 rings (SSSR count). The number of aromatic hydroxyl groups is 2. The highest BCUT2D eigenvalue weighted by molar-refractivity contribution is 5.88. The number of phenolic OH excluding ortho intramolecular Hbond substituents is 2. The van der Waals surface area contributed by atoms with E-state index in [1.165, 1.54) is 36.6 Å². The summed E-state index contributed by atoms with van der Waals surface area (Å²) in [6.45, 7) is -0.688. The molecule has 0 spiro atoms. The van der Waals surface area contributed by atoms with Gasteiger partial charge in [-0.1, -0.05) is 12.1 Å². The Kier molecular flexibility index (Phi) is 5.56. The maximum atomic E-state index is 12.9. The van der Waals surface area contributed by atoms with Crippen LogP contribution >= 0.6 is 0 Å². The molecule has 0 saturated carbocycles. The number of aliphatic hydroxyl groups is 4. The molecule has 10 nitrogen and oxygen atoms in total. The van der Waals surface area contributed by atoms with E-state index in [4.69, 9.17) is 19.0 Å². The summed E-state index contributed by atoms with van der Waals surface area (Å²) in [7, 11) is 0. The van der Waals surface area contributed by atoms with Crippen molar-refractivity contribution in [3.05, 3.63) is 52.9 Å². The average Bonchev–Trinajstić information content (AvgIpc) is 3.02. The van der Waals surface area contributed by atoms with E-state index in [0.29, 0.717) is 5.56 Å². The molecule has 1 aliphatic rings. The third kappa shape index (κ3) is 3.82. The number of benzene rings is 2. The van der Waals surface area contributed by atoms with Crippen molar-refractivity contribution in [2.45, 2.75) is 30.7 Å².